The van der Waals surface area contributed by atoms with Crippen molar-refractivity contribution in [1.82, 2.24) is 0 Å². The molecular formula is C76H68N2. The molecule has 0 bridgehead atoms. The van der Waals surface area contributed by atoms with Crippen LogP contribution >= 0.6 is 0 Å². The van der Waals surface area contributed by atoms with Gasteiger partial charge in [-0.1, -0.05) is 210 Å². The van der Waals surface area contributed by atoms with Crippen LogP contribution in [0.5, 0.6) is 0 Å². The van der Waals surface area contributed by atoms with Gasteiger partial charge in [0.2, 0.25) is 0 Å². The van der Waals surface area contributed by atoms with E-state index < -0.39 is 0 Å². The second kappa shape index (κ2) is 16.7. The molecule has 4 aliphatic rings. The third-order valence-corrected chi connectivity index (χ3v) is 18.7. The predicted molar refractivity (Wildman–Crippen MR) is 332 cm³/mol. The zero-order valence-corrected chi connectivity index (χ0v) is 47.1. The maximum Gasteiger partial charge on any atom is 0.0506 e. The first-order chi connectivity index (χ1) is 37.3. The van der Waals surface area contributed by atoms with E-state index in [0.29, 0.717) is 0 Å². The molecule has 78 heavy (non-hydrogen) atoms. The van der Waals surface area contributed by atoms with E-state index in [9.17, 15) is 0 Å². The fraction of sp³-hybridized carbons (Fsp3) is 0.211. The second-order valence-corrected chi connectivity index (χ2v) is 25.9. The number of para-hydroxylation sites is 3. The van der Waals surface area contributed by atoms with Gasteiger partial charge in [0.05, 0.1) is 22.7 Å². The molecule has 0 spiro atoms. The minimum Gasteiger partial charge on any atom is -0.310 e. The fourth-order valence-corrected chi connectivity index (χ4v) is 14.1. The standard InChI is InChI=1S/C76H68N2/c1-72(2,3)53-33-35-55(36-34-53)78-69-24-18-16-22-61(69)74(6,7)67-44-59-57-38-32-52(42-63(57)76(10,11)65(59)46-71(67)78)51-31-30-49-39-47(27-29-50(49)41-51)25-26-48-28-37-56-58-43-66-70(45-64(58)75(8,9)62(56)40-48)77(54-19-13-12-14-20-54)68-23-17-15-21-60(68)73(66,4)5/h12-46H,1-11H3/b26-25+. The van der Waals surface area contributed by atoms with E-state index in [1.165, 1.54) is 139 Å². The van der Waals surface area contributed by atoms with Gasteiger partial charge in [0.15, 0.2) is 0 Å². The molecule has 0 unspecified atom stereocenters. The highest BCUT2D eigenvalue weighted by molar-refractivity contribution is 5.96. The molecule has 2 aliphatic carbocycles. The Kier molecular flexibility index (Phi) is 10.3. The van der Waals surface area contributed by atoms with E-state index >= 15 is 0 Å². The highest BCUT2D eigenvalue weighted by atomic mass is 15.2. The number of hydrogen-bond donors (Lipinski definition) is 0. The van der Waals surface area contributed by atoms with Gasteiger partial charge in [-0.05, 0) is 190 Å². The van der Waals surface area contributed by atoms with Crippen LogP contribution in [0.15, 0.2) is 200 Å². The summed E-state index contributed by atoms with van der Waals surface area (Å²) in [6.07, 6.45) is 4.57. The van der Waals surface area contributed by atoms with Crippen molar-refractivity contribution in [2.24, 2.45) is 0 Å². The first-order valence-electron chi connectivity index (χ1n) is 28.2. The molecule has 10 aromatic carbocycles. The average molecular weight is 1010 g/mol. The molecule has 2 heterocycles. The molecular weight excluding hydrogens is 941 g/mol. The van der Waals surface area contributed by atoms with Gasteiger partial charge in [-0.15, -0.1) is 0 Å². The van der Waals surface area contributed by atoms with Crippen molar-refractivity contribution in [2.45, 2.75) is 103 Å². The Balaban J connectivity index is 0.753. The van der Waals surface area contributed by atoms with Crippen LogP contribution in [0.25, 0.3) is 56.3 Å². The third kappa shape index (κ3) is 7.07. The van der Waals surface area contributed by atoms with Gasteiger partial charge in [0, 0.05) is 33.0 Å². The molecule has 10 aromatic rings. The summed E-state index contributed by atoms with van der Waals surface area (Å²) in [7, 11) is 0. The summed E-state index contributed by atoms with van der Waals surface area (Å²) < 4.78 is 0. The number of nitrogens with zero attached hydrogens (tertiary/aromatic N) is 2. The van der Waals surface area contributed by atoms with E-state index in [4.69, 9.17) is 0 Å². The number of anilines is 6. The molecule has 14 rings (SSSR count). The minimum absolute atomic E-state index is 0.0854. The SMILES string of the molecule is CC(C)(C)c1ccc(N2c3ccccc3C(C)(C)c3cc4c(cc32)C(C)(C)c2cc(-c3ccc5cc(/C=C/c6ccc7c(c6)C(C)(C)c6cc8c(cc6-7)C(C)(C)c6ccccc6N8c6ccccc6)ccc5c3)ccc2-4)cc1. The summed E-state index contributed by atoms with van der Waals surface area (Å²) in [4.78, 5) is 4.99. The van der Waals surface area contributed by atoms with Crippen LogP contribution in [0.1, 0.15) is 137 Å². The summed E-state index contributed by atoms with van der Waals surface area (Å²) in [5, 5.41) is 2.49. The molecule has 2 nitrogen and oxygen atoms in total. The Hall–Kier alpha value is -8.20. The topological polar surface area (TPSA) is 6.48 Å². The van der Waals surface area contributed by atoms with Crippen LogP contribution in [0.4, 0.5) is 34.1 Å². The maximum absolute atomic E-state index is 2.53. The van der Waals surface area contributed by atoms with E-state index in [2.05, 4.69) is 298 Å². The lowest BCUT2D eigenvalue weighted by molar-refractivity contribution is 0.590. The van der Waals surface area contributed by atoms with Crippen molar-refractivity contribution in [2.75, 3.05) is 9.80 Å². The van der Waals surface area contributed by atoms with Gasteiger partial charge in [-0.2, -0.15) is 0 Å². The van der Waals surface area contributed by atoms with Crippen LogP contribution in [0, 0.1) is 0 Å². The Bertz CT molecular complexity index is 4170. The number of hydrogen-bond acceptors (Lipinski definition) is 2. The lowest BCUT2D eigenvalue weighted by Gasteiger charge is -2.43. The Labute approximate surface area is 462 Å². The van der Waals surface area contributed by atoms with Crippen molar-refractivity contribution < 1.29 is 0 Å². The van der Waals surface area contributed by atoms with Gasteiger partial charge in [0.1, 0.15) is 0 Å². The van der Waals surface area contributed by atoms with Gasteiger partial charge in [-0.25, -0.2) is 0 Å². The van der Waals surface area contributed by atoms with Crippen LogP contribution in [0.2, 0.25) is 0 Å². The quantitative estimate of drug-likeness (QED) is 0.159. The van der Waals surface area contributed by atoms with Crippen molar-refractivity contribution >= 4 is 57.0 Å². The zero-order valence-electron chi connectivity index (χ0n) is 47.1. The second-order valence-electron chi connectivity index (χ2n) is 25.9. The van der Waals surface area contributed by atoms with Crippen molar-refractivity contribution in [1.29, 1.82) is 0 Å². The molecule has 0 saturated carbocycles. The molecule has 0 amide bonds. The van der Waals surface area contributed by atoms with E-state index in [-0.39, 0.29) is 27.1 Å². The van der Waals surface area contributed by atoms with Crippen LogP contribution in [-0.4, -0.2) is 0 Å². The van der Waals surface area contributed by atoms with Crippen LogP contribution < -0.4 is 9.80 Å². The molecule has 2 aliphatic heterocycles. The molecule has 0 saturated heterocycles. The lowest BCUT2D eigenvalue weighted by atomic mass is 9.71. The number of benzene rings is 10. The summed E-state index contributed by atoms with van der Waals surface area (Å²) in [5.41, 5.74) is 29.4. The Morgan fingerprint density at radius 2 is 0.731 bits per heavy atom. The first-order valence-corrected chi connectivity index (χ1v) is 28.2. The normalized spacial score (nSPS) is 16.4. The highest BCUT2D eigenvalue weighted by Gasteiger charge is 2.44. The fourth-order valence-electron chi connectivity index (χ4n) is 14.1. The maximum atomic E-state index is 2.53. The summed E-state index contributed by atoms with van der Waals surface area (Å²) >= 11 is 0. The van der Waals surface area contributed by atoms with Crippen LogP contribution in [0.3, 0.4) is 0 Å². The smallest absolute Gasteiger partial charge is 0.0506 e. The van der Waals surface area contributed by atoms with Crippen molar-refractivity contribution in [3.8, 4) is 33.4 Å². The molecule has 382 valence electrons. The lowest BCUT2D eigenvalue weighted by Crippen LogP contribution is -2.31. The van der Waals surface area contributed by atoms with Gasteiger partial charge >= 0.3 is 0 Å². The van der Waals surface area contributed by atoms with Gasteiger partial charge in [-0.3, -0.25) is 0 Å². The average Bonchev–Trinajstić information content (AvgIpc) is 3.12. The summed E-state index contributed by atoms with van der Waals surface area (Å²) in [6, 6.07) is 76.3. The number of rotatable bonds is 5. The summed E-state index contributed by atoms with van der Waals surface area (Å²) in [6.45, 7) is 26.1. The van der Waals surface area contributed by atoms with Crippen molar-refractivity contribution in [3.05, 3.63) is 261 Å². The highest BCUT2D eigenvalue weighted by Crippen LogP contribution is 2.60. The van der Waals surface area contributed by atoms with E-state index in [0.717, 1.165) is 0 Å². The monoisotopic (exact) mass is 1010 g/mol. The molecule has 0 fully saturated rings. The molecule has 0 aromatic heterocycles. The molecule has 0 atom stereocenters. The van der Waals surface area contributed by atoms with E-state index in [1.807, 2.05) is 0 Å². The van der Waals surface area contributed by atoms with Crippen molar-refractivity contribution in [3.63, 3.8) is 0 Å². The predicted octanol–water partition coefficient (Wildman–Crippen LogP) is 20.8. The van der Waals surface area contributed by atoms with Gasteiger partial charge in [0.25, 0.3) is 0 Å². The molecule has 0 N–H and O–H groups in total. The minimum atomic E-state index is -0.191. The first kappa shape index (κ1) is 48.2. The zero-order chi connectivity index (χ0) is 53.8. The molecule has 0 radical (unpaired) electrons. The molecule has 2 heteroatoms. The summed E-state index contributed by atoms with van der Waals surface area (Å²) in [5.74, 6) is 0. The van der Waals surface area contributed by atoms with Gasteiger partial charge < -0.3 is 9.80 Å². The Morgan fingerprint density at radius 3 is 1.31 bits per heavy atom. The largest absolute Gasteiger partial charge is 0.310 e. The third-order valence-electron chi connectivity index (χ3n) is 18.7. The van der Waals surface area contributed by atoms with Crippen LogP contribution in [-0.2, 0) is 27.1 Å². The number of fused-ring (bicyclic) bond motifs is 11. The Morgan fingerprint density at radius 1 is 0.308 bits per heavy atom. The van der Waals surface area contributed by atoms with E-state index in [1.54, 1.807) is 0 Å².